The van der Waals surface area contributed by atoms with Gasteiger partial charge in [-0.25, -0.2) is 4.98 Å². The van der Waals surface area contributed by atoms with Crippen molar-refractivity contribution in [1.82, 2.24) is 10.3 Å². The molecule has 0 aliphatic rings. The first-order valence-corrected chi connectivity index (χ1v) is 8.70. The summed E-state index contributed by atoms with van der Waals surface area (Å²) in [7, 11) is 0. The highest BCUT2D eigenvalue weighted by Crippen LogP contribution is 2.19. The van der Waals surface area contributed by atoms with Crippen molar-refractivity contribution >= 4 is 22.6 Å². The number of anilines is 1. The Morgan fingerprint density at radius 2 is 1.72 bits per heavy atom. The molecule has 1 atom stereocenters. The van der Waals surface area contributed by atoms with Crippen LogP contribution in [0.2, 0.25) is 0 Å². The van der Waals surface area contributed by atoms with E-state index in [1.54, 1.807) is 0 Å². The third kappa shape index (κ3) is 4.35. The van der Waals surface area contributed by atoms with E-state index >= 15 is 0 Å². The maximum absolute atomic E-state index is 12.4. The van der Waals surface area contributed by atoms with Gasteiger partial charge in [0, 0.05) is 18.5 Å². The lowest BCUT2D eigenvalue weighted by Crippen LogP contribution is -2.33. The third-order valence-electron chi connectivity index (χ3n) is 4.26. The zero-order valence-electron chi connectivity index (χ0n) is 14.4. The zero-order chi connectivity index (χ0) is 17.5. The van der Waals surface area contributed by atoms with Crippen molar-refractivity contribution in [1.29, 1.82) is 0 Å². The molecule has 3 rings (SSSR count). The third-order valence-corrected chi connectivity index (χ3v) is 4.26. The summed E-state index contributed by atoms with van der Waals surface area (Å²) in [5.41, 5.74) is 2.03. The van der Waals surface area contributed by atoms with E-state index in [0.29, 0.717) is 13.1 Å². The zero-order valence-corrected chi connectivity index (χ0v) is 14.4. The number of fused-ring (bicyclic) bond motifs is 1. The van der Waals surface area contributed by atoms with Gasteiger partial charge in [-0.3, -0.25) is 4.79 Å². The summed E-state index contributed by atoms with van der Waals surface area (Å²) in [5.74, 6) is 0.796. The van der Waals surface area contributed by atoms with E-state index in [1.807, 2.05) is 73.7 Å². The summed E-state index contributed by atoms with van der Waals surface area (Å²) < 4.78 is 0. The monoisotopic (exact) mass is 333 g/mol. The molecule has 0 saturated carbocycles. The van der Waals surface area contributed by atoms with Gasteiger partial charge in [0.2, 0.25) is 5.91 Å². The SMILES string of the molecule is CCC(C(=O)NCCNc1ccc2ccccc2n1)c1ccccc1. The van der Waals surface area contributed by atoms with Crippen LogP contribution >= 0.6 is 0 Å². The summed E-state index contributed by atoms with van der Waals surface area (Å²) in [4.78, 5) is 17.0. The van der Waals surface area contributed by atoms with Crippen LogP contribution in [-0.2, 0) is 4.79 Å². The number of hydrogen-bond acceptors (Lipinski definition) is 3. The minimum Gasteiger partial charge on any atom is -0.368 e. The van der Waals surface area contributed by atoms with Gasteiger partial charge in [0.05, 0.1) is 11.4 Å². The van der Waals surface area contributed by atoms with Crippen LogP contribution in [0.4, 0.5) is 5.82 Å². The highest BCUT2D eigenvalue weighted by atomic mass is 16.1. The van der Waals surface area contributed by atoms with Gasteiger partial charge in [0.25, 0.3) is 0 Å². The Labute approximate surface area is 148 Å². The lowest BCUT2D eigenvalue weighted by atomic mass is 9.96. The largest absolute Gasteiger partial charge is 0.368 e. The van der Waals surface area contributed by atoms with E-state index in [0.717, 1.165) is 28.7 Å². The van der Waals surface area contributed by atoms with E-state index in [1.165, 1.54) is 0 Å². The molecule has 0 radical (unpaired) electrons. The molecule has 128 valence electrons. The number of benzene rings is 2. The van der Waals surface area contributed by atoms with Gasteiger partial charge in [-0.05, 0) is 30.2 Å². The fourth-order valence-electron chi connectivity index (χ4n) is 2.92. The number of hydrogen-bond donors (Lipinski definition) is 2. The number of para-hydroxylation sites is 1. The second kappa shape index (κ2) is 8.29. The fraction of sp³-hybridized carbons (Fsp3) is 0.238. The van der Waals surface area contributed by atoms with E-state index in [2.05, 4.69) is 15.6 Å². The van der Waals surface area contributed by atoms with Crippen molar-refractivity contribution in [2.75, 3.05) is 18.4 Å². The molecular formula is C21H23N3O. The number of rotatable bonds is 7. The van der Waals surface area contributed by atoms with Crippen molar-refractivity contribution in [3.63, 3.8) is 0 Å². The number of nitrogens with one attached hydrogen (secondary N) is 2. The lowest BCUT2D eigenvalue weighted by molar-refractivity contribution is -0.122. The molecule has 0 spiro atoms. The Balaban J connectivity index is 1.51. The molecule has 1 unspecified atom stereocenters. The van der Waals surface area contributed by atoms with E-state index in [-0.39, 0.29) is 11.8 Å². The second-order valence-electron chi connectivity index (χ2n) is 5.98. The topological polar surface area (TPSA) is 54.0 Å². The summed E-state index contributed by atoms with van der Waals surface area (Å²) in [5, 5.41) is 7.39. The Bertz CT molecular complexity index is 833. The summed E-state index contributed by atoms with van der Waals surface area (Å²) >= 11 is 0. The van der Waals surface area contributed by atoms with Gasteiger partial charge in [-0.2, -0.15) is 0 Å². The van der Waals surface area contributed by atoms with Gasteiger partial charge in [0.1, 0.15) is 5.82 Å². The van der Waals surface area contributed by atoms with Crippen molar-refractivity contribution in [3.05, 3.63) is 72.3 Å². The number of nitrogens with zero attached hydrogens (tertiary/aromatic N) is 1. The summed E-state index contributed by atoms with van der Waals surface area (Å²) in [6, 6.07) is 21.9. The smallest absolute Gasteiger partial charge is 0.227 e. The van der Waals surface area contributed by atoms with Crippen LogP contribution in [0.1, 0.15) is 24.8 Å². The Hall–Kier alpha value is -2.88. The van der Waals surface area contributed by atoms with Gasteiger partial charge >= 0.3 is 0 Å². The normalized spacial score (nSPS) is 11.9. The van der Waals surface area contributed by atoms with Crippen molar-refractivity contribution in [2.24, 2.45) is 0 Å². The van der Waals surface area contributed by atoms with Gasteiger partial charge in [0.15, 0.2) is 0 Å². The number of carbonyl (C=O) groups is 1. The van der Waals surface area contributed by atoms with E-state index in [4.69, 9.17) is 0 Å². The molecule has 0 bridgehead atoms. The van der Waals surface area contributed by atoms with Crippen molar-refractivity contribution in [3.8, 4) is 0 Å². The standard InChI is InChI=1S/C21H23N3O/c1-2-18(16-8-4-3-5-9-16)21(25)23-15-14-22-20-13-12-17-10-6-7-11-19(17)24-20/h3-13,18H,2,14-15H2,1H3,(H,22,24)(H,23,25). The molecule has 1 heterocycles. The summed E-state index contributed by atoms with van der Waals surface area (Å²) in [6.07, 6.45) is 0.787. The first kappa shape index (κ1) is 17.0. The minimum atomic E-state index is -0.0972. The molecule has 3 aromatic rings. The van der Waals surface area contributed by atoms with Crippen LogP contribution in [0, 0.1) is 0 Å². The number of pyridine rings is 1. The molecule has 0 fully saturated rings. The first-order chi connectivity index (χ1) is 12.3. The number of carbonyl (C=O) groups excluding carboxylic acids is 1. The predicted molar refractivity (Wildman–Crippen MR) is 103 cm³/mol. The van der Waals surface area contributed by atoms with Crippen LogP contribution < -0.4 is 10.6 Å². The molecule has 0 aliphatic carbocycles. The molecule has 1 aromatic heterocycles. The van der Waals surface area contributed by atoms with Gasteiger partial charge < -0.3 is 10.6 Å². The molecule has 1 amide bonds. The van der Waals surface area contributed by atoms with Crippen molar-refractivity contribution < 1.29 is 4.79 Å². The fourth-order valence-corrected chi connectivity index (χ4v) is 2.92. The van der Waals surface area contributed by atoms with Gasteiger partial charge in [-0.15, -0.1) is 0 Å². The molecule has 4 heteroatoms. The van der Waals surface area contributed by atoms with Crippen LogP contribution in [0.5, 0.6) is 0 Å². The average molecular weight is 333 g/mol. The Kier molecular flexibility index (Phi) is 5.62. The number of aromatic nitrogens is 1. The highest BCUT2D eigenvalue weighted by Gasteiger charge is 2.17. The first-order valence-electron chi connectivity index (χ1n) is 8.70. The van der Waals surface area contributed by atoms with Crippen LogP contribution in [-0.4, -0.2) is 24.0 Å². The Morgan fingerprint density at radius 1 is 0.960 bits per heavy atom. The molecular weight excluding hydrogens is 310 g/mol. The summed E-state index contributed by atoms with van der Waals surface area (Å²) in [6.45, 7) is 3.24. The van der Waals surface area contributed by atoms with E-state index < -0.39 is 0 Å². The maximum Gasteiger partial charge on any atom is 0.227 e. The highest BCUT2D eigenvalue weighted by molar-refractivity contribution is 5.83. The minimum absolute atomic E-state index is 0.0713. The molecule has 4 nitrogen and oxygen atoms in total. The van der Waals surface area contributed by atoms with Crippen LogP contribution in [0.25, 0.3) is 10.9 Å². The number of amides is 1. The molecule has 2 N–H and O–H groups in total. The lowest BCUT2D eigenvalue weighted by Gasteiger charge is -2.15. The van der Waals surface area contributed by atoms with Gasteiger partial charge in [-0.1, -0.05) is 55.5 Å². The van der Waals surface area contributed by atoms with Crippen molar-refractivity contribution in [2.45, 2.75) is 19.3 Å². The van der Waals surface area contributed by atoms with Crippen LogP contribution in [0.3, 0.4) is 0 Å². The molecule has 25 heavy (non-hydrogen) atoms. The molecule has 2 aromatic carbocycles. The molecule has 0 aliphatic heterocycles. The maximum atomic E-state index is 12.4. The average Bonchev–Trinajstić information content (AvgIpc) is 2.66. The second-order valence-corrected chi connectivity index (χ2v) is 5.98. The predicted octanol–water partition coefficient (Wildman–Crippen LogP) is 3.96. The Morgan fingerprint density at radius 3 is 2.52 bits per heavy atom. The molecule has 0 saturated heterocycles. The quantitative estimate of drug-likeness (QED) is 0.644. The van der Waals surface area contributed by atoms with Crippen LogP contribution in [0.15, 0.2) is 66.7 Å². The van der Waals surface area contributed by atoms with E-state index in [9.17, 15) is 4.79 Å².